The van der Waals surface area contributed by atoms with Crippen LogP contribution in [-0.2, 0) is 9.84 Å². The summed E-state index contributed by atoms with van der Waals surface area (Å²) in [4.78, 5) is 16.5. The number of fused-ring (bicyclic) bond motifs is 1. The quantitative estimate of drug-likeness (QED) is 0.730. The Morgan fingerprint density at radius 1 is 1.04 bits per heavy atom. The molecular formula is C19H19ClN2O4S. The van der Waals surface area contributed by atoms with E-state index in [1.165, 1.54) is 0 Å². The average Bonchev–Trinajstić information content (AvgIpc) is 3.06. The van der Waals surface area contributed by atoms with Gasteiger partial charge in [0.2, 0.25) is 0 Å². The number of benzene rings is 2. The Labute approximate surface area is 163 Å². The number of hydrogen-bond donors (Lipinski definition) is 0. The minimum Gasteiger partial charge on any atom is -0.492 e. The van der Waals surface area contributed by atoms with Gasteiger partial charge in [-0.05, 0) is 43.3 Å². The molecule has 2 fully saturated rings. The summed E-state index contributed by atoms with van der Waals surface area (Å²) in [5.74, 6) is 0.446. The van der Waals surface area contributed by atoms with Crippen molar-refractivity contribution < 1.29 is 17.9 Å². The molecule has 2 aromatic rings. The predicted octanol–water partition coefficient (Wildman–Crippen LogP) is 3.35. The molecule has 0 aliphatic carbocycles. The van der Waals surface area contributed by atoms with Gasteiger partial charge in [-0.2, -0.15) is 0 Å². The maximum absolute atomic E-state index is 13.3. The lowest BCUT2D eigenvalue weighted by Crippen LogP contribution is -2.38. The third kappa shape index (κ3) is 3.15. The third-order valence-electron chi connectivity index (χ3n) is 4.90. The third-order valence-corrected chi connectivity index (χ3v) is 6.85. The van der Waals surface area contributed by atoms with Crippen LogP contribution < -0.4 is 14.5 Å². The molecule has 6 nitrogen and oxygen atoms in total. The number of rotatable bonds is 4. The number of halogens is 1. The summed E-state index contributed by atoms with van der Waals surface area (Å²) >= 11 is 5.97. The number of carbonyl (C=O) groups is 1. The predicted molar refractivity (Wildman–Crippen MR) is 106 cm³/mol. The lowest BCUT2D eigenvalue weighted by Gasteiger charge is -2.24. The molecule has 27 heavy (non-hydrogen) atoms. The van der Waals surface area contributed by atoms with Gasteiger partial charge in [-0.25, -0.2) is 13.2 Å². The van der Waals surface area contributed by atoms with E-state index >= 15 is 0 Å². The minimum absolute atomic E-state index is 0.0562. The van der Waals surface area contributed by atoms with Gasteiger partial charge in [-0.15, -0.1) is 0 Å². The van der Waals surface area contributed by atoms with Crippen molar-refractivity contribution in [2.24, 2.45) is 0 Å². The highest BCUT2D eigenvalue weighted by Crippen LogP contribution is 2.41. The summed E-state index contributed by atoms with van der Waals surface area (Å²) in [6.45, 7) is 2.32. The second kappa shape index (κ2) is 6.73. The second-order valence-corrected chi connectivity index (χ2v) is 9.20. The Morgan fingerprint density at radius 3 is 2.33 bits per heavy atom. The fourth-order valence-corrected chi connectivity index (χ4v) is 5.87. The molecule has 2 aliphatic heterocycles. The van der Waals surface area contributed by atoms with Gasteiger partial charge < -0.3 is 4.74 Å². The Bertz CT molecular complexity index is 977. The summed E-state index contributed by atoms with van der Waals surface area (Å²) in [5.41, 5.74) is 1.22. The van der Waals surface area contributed by atoms with Gasteiger partial charge in [-0.3, -0.25) is 9.80 Å². The monoisotopic (exact) mass is 406 g/mol. The van der Waals surface area contributed by atoms with Crippen LogP contribution >= 0.6 is 11.6 Å². The normalized spacial score (nSPS) is 23.6. The molecule has 2 saturated heterocycles. The van der Waals surface area contributed by atoms with Crippen molar-refractivity contribution in [2.75, 3.05) is 27.9 Å². The lowest BCUT2D eigenvalue weighted by atomic mass is 10.1. The second-order valence-electron chi connectivity index (χ2n) is 6.61. The van der Waals surface area contributed by atoms with Crippen molar-refractivity contribution in [3.63, 3.8) is 0 Å². The first-order chi connectivity index (χ1) is 12.9. The van der Waals surface area contributed by atoms with Crippen molar-refractivity contribution in [2.45, 2.75) is 19.0 Å². The number of ether oxygens (including phenoxy) is 1. The SMILES string of the molecule is CCOc1ccccc1N1C(=O)N(c2ccc(Cl)cc2)[C@@H]2CS(=O)(=O)C[C@@H]21. The van der Waals surface area contributed by atoms with Crippen LogP contribution in [0.3, 0.4) is 0 Å². The summed E-state index contributed by atoms with van der Waals surface area (Å²) in [5, 5.41) is 0.555. The van der Waals surface area contributed by atoms with Crippen LogP contribution in [0.2, 0.25) is 5.02 Å². The smallest absolute Gasteiger partial charge is 0.329 e. The van der Waals surface area contributed by atoms with E-state index in [4.69, 9.17) is 16.3 Å². The first kappa shape index (κ1) is 18.1. The fraction of sp³-hybridized carbons (Fsp3) is 0.316. The molecule has 142 valence electrons. The summed E-state index contributed by atoms with van der Waals surface area (Å²) in [6, 6.07) is 12.9. The number of urea groups is 1. The van der Waals surface area contributed by atoms with Gasteiger partial charge in [0, 0.05) is 10.7 Å². The molecule has 8 heteroatoms. The van der Waals surface area contributed by atoms with Gasteiger partial charge in [0.15, 0.2) is 9.84 Å². The highest BCUT2D eigenvalue weighted by atomic mass is 35.5. The fourth-order valence-electron chi connectivity index (χ4n) is 3.82. The topological polar surface area (TPSA) is 66.9 Å². The van der Waals surface area contributed by atoms with Crippen molar-refractivity contribution in [3.8, 4) is 5.75 Å². The molecule has 2 aromatic carbocycles. The molecule has 0 spiro atoms. The van der Waals surface area contributed by atoms with E-state index in [0.29, 0.717) is 28.8 Å². The molecule has 2 aliphatic rings. The molecule has 0 radical (unpaired) electrons. The lowest BCUT2D eigenvalue weighted by molar-refractivity contribution is 0.254. The standard InChI is InChI=1S/C19H19ClN2O4S/c1-2-26-18-6-4-3-5-15(18)22-17-12-27(24,25)11-16(17)21(19(22)23)14-9-7-13(20)8-10-14/h3-10,16-17H,2,11-12H2,1H3/t16-,17+/m1/s1. The summed E-state index contributed by atoms with van der Waals surface area (Å²) in [6.07, 6.45) is 0. The molecule has 0 unspecified atom stereocenters. The maximum Gasteiger partial charge on any atom is 0.329 e. The number of anilines is 2. The van der Waals surface area contributed by atoms with E-state index in [0.717, 1.165) is 0 Å². The van der Waals surface area contributed by atoms with E-state index in [1.807, 2.05) is 19.1 Å². The molecule has 2 amide bonds. The van der Waals surface area contributed by atoms with Crippen LogP contribution in [0.5, 0.6) is 5.75 Å². The van der Waals surface area contributed by atoms with Crippen molar-refractivity contribution >= 4 is 38.8 Å². The summed E-state index contributed by atoms with van der Waals surface area (Å²) in [7, 11) is -3.25. The minimum atomic E-state index is -3.25. The Hall–Kier alpha value is -2.25. The number of nitrogens with zero attached hydrogens (tertiary/aromatic N) is 2. The summed E-state index contributed by atoms with van der Waals surface area (Å²) < 4.78 is 30.4. The van der Waals surface area contributed by atoms with E-state index in [9.17, 15) is 13.2 Å². The van der Waals surface area contributed by atoms with Crippen molar-refractivity contribution in [1.82, 2.24) is 0 Å². The van der Waals surface area contributed by atoms with E-state index in [1.54, 1.807) is 46.2 Å². The van der Waals surface area contributed by atoms with Crippen LogP contribution in [0.15, 0.2) is 48.5 Å². The number of sulfone groups is 1. The van der Waals surface area contributed by atoms with Crippen LogP contribution in [0.25, 0.3) is 0 Å². The zero-order valence-electron chi connectivity index (χ0n) is 14.7. The highest BCUT2D eigenvalue weighted by Gasteiger charge is 2.54. The largest absolute Gasteiger partial charge is 0.492 e. The van der Waals surface area contributed by atoms with E-state index in [2.05, 4.69) is 0 Å². The molecule has 0 N–H and O–H groups in total. The highest BCUT2D eigenvalue weighted by molar-refractivity contribution is 7.91. The number of amides is 2. The van der Waals surface area contributed by atoms with E-state index < -0.39 is 21.9 Å². The molecular weight excluding hydrogens is 388 g/mol. The molecule has 0 aromatic heterocycles. The van der Waals surface area contributed by atoms with Crippen molar-refractivity contribution in [1.29, 1.82) is 0 Å². The Kier molecular flexibility index (Phi) is 4.52. The van der Waals surface area contributed by atoms with Gasteiger partial charge >= 0.3 is 6.03 Å². The Balaban J connectivity index is 1.81. The van der Waals surface area contributed by atoms with Gasteiger partial charge in [0.25, 0.3) is 0 Å². The van der Waals surface area contributed by atoms with Gasteiger partial charge in [0.1, 0.15) is 5.75 Å². The zero-order chi connectivity index (χ0) is 19.2. The maximum atomic E-state index is 13.3. The van der Waals surface area contributed by atoms with Gasteiger partial charge in [-0.1, -0.05) is 23.7 Å². The molecule has 2 atom stereocenters. The van der Waals surface area contributed by atoms with Crippen molar-refractivity contribution in [3.05, 3.63) is 53.6 Å². The first-order valence-electron chi connectivity index (χ1n) is 8.71. The molecule has 0 bridgehead atoms. The molecule has 0 saturated carbocycles. The van der Waals surface area contributed by atoms with Crippen LogP contribution in [0.1, 0.15) is 6.92 Å². The zero-order valence-corrected chi connectivity index (χ0v) is 16.3. The molecule has 4 rings (SSSR count). The first-order valence-corrected chi connectivity index (χ1v) is 10.9. The number of para-hydroxylation sites is 2. The van der Waals surface area contributed by atoms with Gasteiger partial charge in [0.05, 0.1) is 35.9 Å². The van der Waals surface area contributed by atoms with Crippen LogP contribution in [0, 0.1) is 0 Å². The Morgan fingerprint density at radius 2 is 1.67 bits per heavy atom. The number of carbonyl (C=O) groups excluding carboxylic acids is 1. The van der Waals surface area contributed by atoms with E-state index in [-0.39, 0.29) is 17.5 Å². The van der Waals surface area contributed by atoms with Crippen LogP contribution in [0.4, 0.5) is 16.2 Å². The molecule has 2 heterocycles. The van der Waals surface area contributed by atoms with Crippen LogP contribution in [-0.4, -0.2) is 44.6 Å². The average molecular weight is 407 g/mol. The number of hydrogen-bond acceptors (Lipinski definition) is 4.